The van der Waals surface area contributed by atoms with Crippen molar-refractivity contribution in [2.24, 2.45) is 5.73 Å². The van der Waals surface area contributed by atoms with Gasteiger partial charge in [0.15, 0.2) is 0 Å². The molecule has 0 aromatic heterocycles. The van der Waals surface area contributed by atoms with Crippen molar-refractivity contribution >= 4 is 24.0 Å². The minimum atomic E-state index is -0.519. The highest BCUT2D eigenvalue weighted by atomic mass is 35.5. The van der Waals surface area contributed by atoms with E-state index in [0.717, 1.165) is 41.2 Å². The topological polar surface area (TPSA) is 87.5 Å². The molecule has 0 bridgehead atoms. The van der Waals surface area contributed by atoms with E-state index in [1.165, 1.54) is 11.1 Å². The fraction of sp³-hybridized carbons (Fsp3) is 0.310. The van der Waals surface area contributed by atoms with Crippen LogP contribution in [0.25, 0.3) is 0 Å². The van der Waals surface area contributed by atoms with Gasteiger partial charge in [-0.15, -0.1) is 0 Å². The maximum Gasteiger partial charge on any atom is 0.316 e. The Morgan fingerprint density at radius 1 is 1.08 bits per heavy atom. The van der Waals surface area contributed by atoms with E-state index in [0.29, 0.717) is 6.42 Å². The van der Waals surface area contributed by atoms with Gasteiger partial charge in [-0.3, -0.25) is 4.79 Å². The normalized spacial score (nSPS) is 17.9. The molecule has 1 aromatic rings. The fourth-order valence-electron chi connectivity index (χ4n) is 3.30. The van der Waals surface area contributed by atoms with Crippen LogP contribution in [0.5, 0.6) is 0 Å². The van der Waals surface area contributed by atoms with E-state index in [-0.39, 0.29) is 6.04 Å². The maximum absolute atomic E-state index is 10.7. The number of benzene rings is 1. The van der Waals surface area contributed by atoms with Crippen molar-refractivity contribution in [2.45, 2.75) is 46.1 Å². The number of nitrogens with one attached hydrogen (secondary N) is 2. The van der Waals surface area contributed by atoms with E-state index >= 15 is 0 Å². The lowest BCUT2D eigenvalue weighted by Crippen LogP contribution is -2.28. The Hall–Kier alpha value is -3.51. The SMILES string of the molecule is C/C1=C/C/C=C\C(Cl)=CC1.CC(NC=O)c1ccccc1.CC1=CCC(NC(N)=O)=CC=C1N(C)C. The second-order valence-corrected chi connectivity index (χ2v) is 9.05. The standard InChI is InChI=1S/C11H17N3O.C9H11Cl.C9H11NO/c1-8-4-5-9(13-11(12)15)6-7-10(8)14(2)3;1-8-4-2-3-5-9(10)7-6-8;1-8(10-7-11)9-5-3-2-4-6-9/h4,6-7H,5H2,1-3H3,(H3,12,13,15);3-5,7H,2,6H2,1H3;2-8H,1H3,(H,10,11)/b;5-3-,8-4-,9-7?;. The van der Waals surface area contributed by atoms with Crippen LogP contribution in [0, 0.1) is 0 Å². The number of nitrogens with two attached hydrogens (primary N) is 1. The Labute approximate surface area is 221 Å². The Morgan fingerprint density at radius 2 is 1.78 bits per heavy atom. The molecule has 3 amide bonds. The first-order chi connectivity index (χ1) is 17.1. The summed E-state index contributed by atoms with van der Waals surface area (Å²) >= 11 is 5.81. The average Bonchev–Trinajstić information content (AvgIpc) is 3.02. The second-order valence-electron chi connectivity index (χ2n) is 8.62. The van der Waals surface area contributed by atoms with Crippen molar-refractivity contribution in [3.05, 3.63) is 106 Å². The average molecular weight is 511 g/mol. The molecular weight excluding hydrogens is 472 g/mol. The molecular formula is C29H39ClN4O2. The van der Waals surface area contributed by atoms with Crippen LogP contribution in [-0.2, 0) is 4.79 Å². The number of hydrogen-bond donors (Lipinski definition) is 3. The summed E-state index contributed by atoms with van der Waals surface area (Å²) in [4.78, 5) is 22.8. The summed E-state index contributed by atoms with van der Waals surface area (Å²) in [6.07, 6.45) is 17.6. The summed E-state index contributed by atoms with van der Waals surface area (Å²) in [6, 6.07) is 9.43. The largest absolute Gasteiger partial charge is 0.377 e. The van der Waals surface area contributed by atoms with Crippen LogP contribution in [0.1, 0.15) is 51.6 Å². The first kappa shape index (κ1) is 30.5. The number of carbonyl (C=O) groups excluding carboxylic acids is 2. The molecule has 0 heterocycles. The molecule has 6 nitrogen and oxygen atoms in total. The van der Waals surface area contributed by atoms with Gasteiger partial charge in [0.1, 0.15) is 0 Å². The van der Waals surface area contributed by atoms with Crippen molar-refractivity contribution in [1.29, 1.82) is 0 Å². The number of halogens is 1. The summed E-state index contributed by atoms with van der Waals surface area (Å²) in [7, 11) is 3.98. The Balaban J connectivity index is 0.000000277. The third kappa shape index (κ3) is 12.8. The van der Waals surface area contributed by atoms with Crippen LogP contribution in [0.2, 0.25) is 0 Å². The van der Waals surface area contributed by atoms with Crippen LogP contribution in [0.15, 0.2) is 100 Å². The molecule has 4 N–H and O–H groups in total. The van der Waals surface area contributed by atoms with Crippen molar-refractivity contribution in [3.63, 3.8) is 0 Å². The van der Waals surface area contributed by atoms with Crippen molar-refractivity contribution in [3.8, 4) is 0 Å². The molecule has 1 unspecified atom stereocenters. The molecule has 0 saturated heterocycles. The number of amides is 3. The third-order valence-electron chi connectivity index (χ3n) is 5.36. The van der Waals surface area contributed by atoms with Crippen LogP contribution < -0.4 is 16.4 Å². The highest BCUT2D eigenvalue weighted by Crippen LogP contribution is 2.18. The maximum atomic E-state index is 10.7. The van der Waals surface area contributed by atoms with Gasteiger partial charge >= 0.3 is 6.03 Å². The van der Waals surface area contributed by atoms with Crippen molar-refractivity contribution in [1.82, 2.24) is 15.5 Å². The number of rotatable bonds is 5. The van der Waals surface area contributed by atoms with E-state index in [1.807, 2.05) is 87.5 Å². The van der Waals surface area contributed by atoms with E-state index in [2.05, 4.69) is 35.8 Å². The molecule has 1 atom stereocenters. The lowest BCUT2D eigenvalue weighted by Gasteiger charge is -2.16. The Morgan fingerprint density at radius 3 is 2.39 bits per heavy atom. The Kier molecular flexibility index (Phi) is 14.4. The van der Waals surface area contributed by atoms with E-state index in [1.54, 1.807) is 0 Å². The van der Waals surface area contributed by atoms with Gasteiger partial charge in [-0.05, 0) is 63.0 Å². The second kappa shape index (κ2) is 17.0. The molecule has 0 aliphatic heterocycles. The molecule has 194 valence electrons. The minimum Gasteiger partial charge on any atom is -0.377 e. The number of carbonyl (C=O) groups is 2. The zero-order chi connectivity index (χ0) is 26.9. The zero-order valence-corrected chi connectivity index (χ0v) is 22.7. The number of hydrogen-bond acceptors (Lipinski definition) is 3. The Bertz CT molecular complexity index is 1030. The van der Waals surface area contributed by atoms with Gasteiger partial charge in [0.25, 0.3) is 0 Å². The number of urea groups is 1. The lowest BCUT2D eigenvalue weighted by molar-refractivity contribution is -0.110. The predicted octanol–water partition coefficient (Wildman–Crippen LogP) is 6.23. The van der Waals surface area contributed by atoms with Crippen molar-refractivity contribution in [2.75, 3.05) is 14.1 Å². The summed E-state index contributed by atoms with van der Waals surface area (Å²) in [6.45, 7) is 6.12. The molecule has 0 radical (unpaired) electrons. The monoisotopic (exact) mass is 510 g/mol. The van der Waals surface area contributed by atoms with E-state index in [9.17, 15) is 9.59 Å². The summed E-state index contributed by atoms with van der Waals surface area (Å²) in [5.41, 5.74) is 10.7. The quantitative estimate of drug-likeness (QED) is 0.324. The summed E-state index contributed by atoms with van der Waals surface area (Å²) in [5, 5.41) is 6.13. The molecule has 1 aromatic carbocycles. The molecule has 2 aliphatic carbocycles. The fourth-order valence-corrected chi connectivity index (χ4v) is 3.47. The molecule has 2 aliphatic rings. The van der Waals surface area contributed by atoms with Crippen LogP contribution in [0.3, 0.4) is 0 Å². The molecule has 0 saturated carbocycles. The highest BCUT2D eigenvalue weighted by molar-refractivity contribution is 6.31. The molecule has 36 heavy (non-hydrogen) atoms. The smallest absolute Gasteiger partial charge is 0.316 e. The number of nitrogens with zero attached hydrogens (tertiary/aromatic N) is 1. The zero-order valence-electron chi connectivity index (χ0n) is 21.9. The number of likely N-dealkylation sites (N-methyl/N-ethyl adjacent to an activating group) is 1. The van der Waals surface area contributed by atoms with Gasteiger partial charge in [0, 0.05) is 36.9 Å². The van der Waals surface area contributed by atoms with Gasteiger partial charge in [0.05, 0.1) is 6.04 Å². The first-order valence-corrected chi connectivity index (χ1v) is 12.3. The molecule has 0 spiro atoms. The van der Waals surface area contributed by atoms with Gasteiger partial charge in [-0.2, -0.15) is 0 Å². The van der Waals surface area contributed by atoms with E-state index in [4.69, 9.17) is 17.3 Å². The highest BCUT2D eigenvalue weighted by Gasteiger charge is 2.07. The van der Waals surface area contributed by atoms with E-state index < -0.39 is 6.03 Å². The molecule has 7 heteroatoms. The first-order valence-electron chi connectivity index (χ1n) is 11.9. The summed E-state index contributed by atoms with van der Waals surface area (Å²) in [5.74, 6) is 0. The van der Waals surface area contributed by atoms with Gasteiger partial charge in [-0.25, -0.2) is 4.79 Å². The molecule has 3 rings (SSSR count). The van der Waals surface area contributed by atoms with Gasteiger partial charge in [0.2, 0.25) is 6.41 Å². The summed E-state index contributed by atoms with van der Waals surface area (Å²) < 4.78 is 0. The number of primary amides is 1. The van der Waals surface area contributed by atoms with Gasteiger partial charge < -0.3 is 21.3 Å². The molecule has 0 fully saturated rings. The minimum absolute atomic E-state index is 0.105. The number of allylic oxidation sites excluding steroid dienone is 10. The van der Waals surface area contributed by atoms with Gasteiger partial charge in [-0.1, -0.05) is 71.8 Å². The lowest BCUT2D eigenvalue weighted by atomic mass is 10.1. The van der Waals surface area contributed by atoms with Crippen LogP contribution in [-0.4, -0.2) is 31.4 Å². The predicted molar refractivity (Wildman–Crippen MR) is 151 cm³/mol. The van der Waals surface area contributed by atoms with Crippen LogP contribution in [0.4, 0.5) is 4.79 Å². The van der Waals surface area contributed by atoms with Crippen molar-refractivity contribution < 1.29 is 9.59 Å². The van der Waals surface area contributed by atoms with Crippen LogP contribution >= 0.6 is 11.6 Å². The third-order valence-corrected chi connectivity index (χ3v) is 5.64.